The van der Waals surface area contributed by atoms with Gasteiger partial charge in [-0.05, 0) is 24.6 Å². The van der Waals surface area contributed by atoms with Gasteiger partial charge in [-0.2, -0.15) is 0 Å². The van der Waals surface area contributed by atoms with E-state index < -0.39 is 12.0 Å². The van der Waals surface area contributed by atoms with E-state index >= 15 is 0 Å². The third-order valence-corrected chi connectivity index (χ3v) is 6.26. The van der Waals surface area contributed by atoms with Crippen LogP contribution in [-0.4, -0.2) is 71.0 Å². The predicted molar refractivity (Wildman–Crippen MR) is 118 cm³/mol. The fraction of sp³-hybridized carbons (Fsp3) is 0.500. The zero-order valence-corrected chi connectivity index (χ0v) is 18.6. The number of hydrogen-bond acceptors (Lipinski definition) is 6. The minimum absolute atomic E-state index is 0.0774. The molecule has 0 aliphatic carbocycles. The van der Waals surface area contributed by atoms with Gasteiger partial charge in [-0.25, -0.2) is 9.78 Å². The highest BCUT2D eigenvalue weighted by Gasteiger charge is 2.23. The van der Waals surface area contributed by atoms with Gasteiger partial charge in [-0.15, -0.1) is 11.3 Å². The fourth-order valence-corrected chi connectivity index (χ4v) is 4.31. The average molecular weight is 431 g/mol. The second-order valence-corrected chi connectivity index (χ2v) is 9.09. The lowest BCUT2D eigenvalue weighted by molar-refractivity contribution is -0.143. The number of thiazole rings is 1. The van der Waals surface area contributed by atoms with Gasteiger partial charge in [-0.1, -0.05) is 32.0 Å². The Morgan fingerprint density at radius 2 is 1.97 bits per heavy atom. The first-order valence-corrected chi connectivity index (χ1v) is 11.2. The first-order chi connectivity index (χ1) is 14.3. The lowest BCUT2D eigenvalue weighted by atomic mass is 10.0. The van der Waals surface area contributed by atoms with Crippen LogP contribution < -0.4 is 5.32 Å². The van der Waals surface area contributed by atoms with Gasteiger partial charge >= 0.3 is 5.97 Å². The van der Waals surface area contributed by atoms with E-state index in [0.29, 0.717) is 5.69 Å². The Hall–Kier alpha value is -2.29. The Morgan fingerprint density at radius 3 is 2.63 bits per heavy atom. The summed E-state index contributed by atoms with van der Waals surface area (Å²) in [4.78, 5) is 32.9. The molecule has 1 aliphatic heterocycles. The zero-order valence-electron chi connectivity index (χ0n) is 17.8. The number of likely N-dealkylation sites (N-methyl/N-ethyl adjacent to an activating group) is 1. The van der Waals surface area contributed by atoms with Gasteiger partial charge in [0.1, 0.15) is 11.0 Å². The van der Waals surface area contributed by atoms with Crippen molar-refractivity contribution in [1.82, 2.24) is 20.1 Å². The average Bonchev–Trinajstić information content (AvgIpc) is 3.16. The van der Waals surface area contributed by atoms with Crippen LogP contribution in [0.2, 0.25) is 0 Å². The number of benzene rings is 1. The molecule has 2 N–H and O–H groups in total. The van der Waals surface area contributed by atoms with Crippen LogP contribution in [-0.2, 0) is 22.6 Å². The second-order valence-electron chi connectivity index (χ2n) is 8.23. The summed E-state index contributed by atoms with van der Waals surface area (Å²) in [5, 5.41) is 14.6. The highest BCUT2D eigenvalue weighted by Crippen LogP contribution is 2.25. The second kappa shape index (κ2) is 10.1. The SMILES string of the molecule is CC(C)C(NC(=O)Cc1csc(-c2cccc(CN3CCN(C)CC3)c2)n1)C(=O)O. The van der Waals surface area contributed by atoms with Crippen LogP contribution in [0.5, 0.6) is 0 Å². The monoisotopic (exact) mass is 430 g/mol. The Morgan fingerprint density at radius 1 is 1.23 bits per heavy atom. The van der Waals surface area contributed by atoms with E-state index in [2.05, 4.69) is 45.3 Å². The Kier molecular flexibility index (Phi) is 7.58. The van der Waals surface area contributed by atoms with E-state index in [1.807, 2.05) is 11.4 Å². The van der Waals surface area contributed by atoms with Crippen molar-refractivity contribution in [3.63, 3.8) is 0 Å². The molecule has 0 bridgehead atoms. The highest BCUT2D eigenvalue weighted by atomic mass is 32.1. The van der Waals surface area contributed by atoms with Crippen LogP contribution >= 0.6 is 11.3 Å². The standard InChI is InChI=1S/C22H30N4O3S/c1-15(2)20(22(28)29)24-19(27)12-18-14-30-21(23-18)17-6-4-5-16(11-17)13-26-9-7-25(3)8-10-26/h4-6,11,14-15,20H,7-10,12-13H2,1-3H3,(H,24,27)(H,28,29). The van der Waals surface area contributed by atoms with Crippen LogP contribution in [0.3, 0.4) is 0 Å². The van der Waals surface area contributed by atoms with Crippen molar-refractivity contribution in [3.05, 3.63) is 40.9 Å². The maximum absolute atomic E-state index is 12.3. The van der Waals surface area contributed by atoms with Gasteiger partial charge in [-0.3, -0.25) is 9.69 Å². The summed E-state index contributed by atoms with van der Waals surface area (Å²) < 4.78 is 0. The van der Waals surface area contributed by atoms with E-state index in [1.165, 1.54) is 16.9 Å². The van der Waals surface area contributed by atoms with Gasteiger partial charge < -0.3 is 15.3 Å². The van der Waals surface area contributed by atoms with Crippen LogP contribution in [0.1, 0.15) is 25.1 Å². The molecule has 3 rings (SSSR count). The number of aliphatic carboxylic acids is 1. The van der Waals surface area contributed by atoms with Crippen molar-refractivity contribution in [2.24, 2.45) is 5.92 Å². The van der Waals surface area contributed by atoms with Gasteiger partial charge in [0.25, 0.3) is 0 Å². The largest absolute Gasteiger partial charge is 0.480 e. The molecule has 2 aromatic rings. The first-order valence-electron chi connectivity index (χ1n) is 10.3. The molecular weight excluding hydrogens is 400 g/mol. The number of carbonyl (C=O) groups excluding carboxylic acids is 1. The van der Waals surface area contributed by atoms with Crippen molar-refractivity contribution in [3.8, 4) is 10.6 Å². The maximum atomic E-state index is 12.3. The van der Waals surface area contributed by atoms with Crippen LogP contribution in [0, 0.1) is 5.92 Å². The molecule has 1 saturated heterocycles. The Labute approximate surface area is 181 Å². The summed E-state index contributed by atoms with van der Waals surface area (Å²) >= 11 is 1.50. The van der Waals surface area contributed by atoms with E-state index in [9.17, 15) is 14.7 Å². The van der Waals surface area contributed by atoms with E-state index in [1.54, 1.807) is 13.8 Å². The molecule has 0 radical (unpaired) electrons. The van der Waals surface area contributed by atoms with Crippen LogP contribution in [0.25, 0.3) is 10.6 Å². The molecule has 1 amide bonds. The molecule has 1 aromatic heterocycles. The third-order valence-electron chi connectivity index (χ3n) is 5.32. The lowest BCUT2D eigenvalue weighted by Crippen LogP contribution is -2.44. The van der Waals surface area contributed by atoms with Crippen molar-refractivity contribution in [2.45, 2.75) is 32.9 Å². The molecule has 1 atom stereocenters. The van der Waals surface area contributed by atoms with E-state index in [0.717, 1.165) is 43.3 Å². The number of hydrogen-bond donors (Lipinski definition) is 2. The molecule has 1 unspecified atom stereocenters. The number of carbonyl (C=O) groups is 2. The maximum Gasteiger partial charge on any atom is 0.326 e. The lowest BCUT2D eigenvalue weighted by Gasteiger charge is -2.32. The van der Waals surface area contributed by atoms with Crippen molar-refractivity contribution >= 4 is 23.2 Å². The van der Waals surface area contributed by atoms with Gasteiger partial charge in [0.15, 0.2) is 0 Å². The number of piperazine rings is 1. The molecule has 8 heteroatoms. The third kappa shape index (κ3) is 6.10. The predicted octanol–water partition coefficient (Wildman–Crippen LogP) is 2.33. The molecule has 1 aromatic carbocycles. The number of nitrogens with zero attached hydrogens (tertiary/aromatic N) is 3. The van der Waals surface area contributed by atoms with Crippen molar-refractivity contribution < 1.29 is 14.7 Å². The van der Waals surface area contributed by atoms with E-state index in [-0.39, 0.29) is 18.2 Å². The number of nitrogens with one attached hydrogen (secondary N) is 1. The Bertz CT molecular complexity index is 875. The molecule has 0 spiro atoms. The quantitative estimate of drug-likeness (QED) is 0.669. The number of carboxylic acid groups (broad SMARTS) is 1. The summed E-state index contributed by atoms with van der Waals surface area (Å²) in [5.41, 5.74) is 2.96. The molecule has 30 heavy (non-hydrogen) atoms. The molecule has 2 heterocycles. The Balaban J connectivity index is 1.61. The van der Waals surface area contributed by atoms with Gasteiger partial charge in [0.05, 0.1) is 12.1 Å². The smallest absolute Gasteiger partial charge is 0.326 e. The molecular formula is C22H30N4O3S. The minimum atomic E-state index is -1.02. The van der Waals surface area contributed by atoms with Crippen molar-refractivity contribution in [1.29, 1.82) is 0 Å². The number of amides is 1. The summed E-state index contributed by atoms with van der Waals surface area (Å²) in [6.07, 6.45) is 0.0774. The summed E-state index contributed by atoms with van der Waals surface area (Å²) in [6.45, 7) is 8.81. The van der Waals surface area contributed by atoms with Crippen LogP contribution in [0.15, 0.2) is 29.6 Å². The summed E-state index contributed by atoms with van der Waals surface area (Å²) in [7, 11) is 2.16. The normalized spacial score (nSPS) is 16.5. The number of carboxylic acids is 1. The fourth-order valence-electron chi connectivity index (χ4n) is 3.49. The summed E-state index contributed by atoms with van der Waals surface area (Å²) in [5.74, 6) is -1.52. The first kappa shape index (κ1) is 22.4. The van der Waals surface area contributed by atoms with Crippen molar-refractivity contribution in [2.75, 3.05) is 33.2 Å². The van der Waals surface area contributed by atoms with Gasteiger partial charge in [0.2, 0.25) is 5.91 Å². The van der Waals surface area contributed by atoms with Crippen LogP contribution in [0.4, 0.5) is 0 Å². The highest BCUT2D eigenvalue weighted by molar-refractivity contribution is 7.13. The zero-order chi connectivity index (χ0) is 21.7. The van der Waals surface area contributed by atoms with E-state index in [4.69, 9.17) is 0 Å². The number of aromatic nitrogens is 1. The molecule has 162 valence electrons. The number of rotatable bonds is 8. The molecule has 7 nitrogen and oxygen atoms in total. The molecule has 1 fully saturated rings. The minimum Gasteiger partial charge on any atom is -0.480 e. The molecule has 1 aliphatic rings. The molecule has 0 saturated carbocycles. The summed E-state index contributed by atoms with van der Waals surface area (Å²) in [6, 6.07) is 7.51. The topological polar surface area (TPSA) is 85.8 Å². The van der Waals surface area contributed by atoms with Gasteiger partial charge in [0, 0.05) is 43.7 Å².